The predicted molar refractivity (Wildman–Crippen MR) is 79.2 cm³/mol. The van der Waals surface area contributed by atoms with Gasteiger partial charge in [0.15, 0.2) is 5.82 Å². The van der Waals surface area contributed by atoms with Crippen LogP contribution in [-0.4, -0.2) is 19.5 Å². The van der Waals surface area contributed by atoms with Crippen LogP contribution in [-0.2, 0) is 7.05 Å². The van der Waals surface area contributed by atoms with Gasteiger partial charge in [-0.05, 0) is 12.1 Å². The van der Waals surface area contributed by atoms with Crippen LogP contribution < -0.4 is 0 Å². The van der Waals surface area contributed by atoms with Gasteiger partial charge in [-0.15, -0.1) is 0 Å². The second-order valence-corrected chi connectivity index (χ2v) is 4.77. The zero-order chi connectivity index (χ0) is 13.5. The van der Waals surface area contributed by atoms with Gasteiger partial charge in [-0.25, -0.2) is 9.97 Å². The Labute approximate surface area is 115 Å². The summed E-state index contributed by atoms with van der Waals surface area (Å²) in [4.78, 5) is 13.6. The van der Waals surface area contributed by atoms with Crippen molar-refractivity contribution in [3.8, 4) is 11.5 Å². The van der Waals surface area contributed by atoms with Crippen molar-refractivity contribution in [3.63, 3.8) is 0 Å². The minimum Gasteiger partial charge on any atom is -0.333 e. The number of pyridine rings is 2. The van der Waals surface area contributed by atoms with Crippen LogP contribution in [0.3, 0.4) is 0 Å². The van der Waals surface area contributed by atoms with E-state index in [0.29, 0.717) is 0 Å². The SMILES string of the molecule is Cn1ccnc1-c1ccc2ccc3cccnc3c2n1. The van der Waals surface area contributed by atoms with E-state index in [1.54, 1.807) is 12.4 Å². The Hall–Kier alpha value is -2.75. The van der Waals surface area contributed by atoms with E-state index in [1.165, 1.54) is 0 Å². The van der Waals surface area contributed by atoms with Gasteiger partial charge in [-0.2, -0.15) is 0 Å². The Morgan fingerprint density at radius 3 is 2.45 bits per heavy atom. The summed E-state index contributed by atoms with van der Waals surface area (Å²) in [5.74, 6) is 0.861. The molecule has 0 aliphatic carbocycles. The maximum atomic E-state index is 4.76. The van der Waals surface area contributed by atoms with Crippen LogP contribution in [0.15, 0.2) is 55.0 Å². The van der Waals surface area contributed by atoms with E-state index in [4.69, 9.17) is 4.98 Å². The van der Waals surface area contributed by atoms with Gasteiger partial charge >= 0.3 is 0 Å². The Morgan fingerprint density at radius 2 is 1.65 bits per heavy atom. The predicted octanol–water partition coefficient (Wildman–Crippen LogP) is 3.18. The fourth-order valence-corrected chi connectivity index (χ4v) is 2.46. The molecule has 0 spiro atoms. The summed E-state index contributed by atoms with van der Waals surface area (Å²) in [5.41, 5.74) is 2.72. The third-order valence-corrected chi connectivity index (χ3v) is 3.48. The normalized spacial score (nSPS) is 11.2. The summed E-state index contributed by atoms with van der Waals surface area (Å²) in [6, 6.07) is 12.2. The van der Waals surface area contributed by atoms with Crippen LogP contribution in [0.25, 0.3) is 33.3 Å². The molecule has 0 aliphatic rings. The standard InChI is InChI=1S/C16H12N4/c1-20-10-9-18-16(20)13-7-6-12-5-4-11-3-2-8-17-14(11)15(12)19-13/h2-10H,1H3. The highest BCUT2D eigenvalue weighted by atomic mass is 15.0. The van der Waals surface area contributed by atoms with Crippen molar-refractivity contribution < 1.29 is 0 Å². The van der Waals surface area contributed by atoms with Gasteiger partial charge in [0, 0.05) is 36.4 Å². The molecule has 0 saturated heterocycles. The van der Waals surface area contributed by atoms with E-state index in [9.17, 15) is 0 Å². The van der Waals surface area contributed by atoms with Crippen molar-refractivity contribution in [1.82, 2.24) is 19.5 Å². The highest BCUT2D eigenvalue weighted by Crippen LogP contribution is 2.24. The molecule has 4 heteroatoms. The fraction of sp³-hybridized carbons (Fsp3) is 0.0625. The minimum atomic E-state index is 0.861. The van der Waals surface area contributed by atoms with Crippen molar-refractivity contribution in [2.75, 3.05) is 0 Å². The molecule has 3 heterocycles. The molecule has 20 heavy (non-hydrogen) atoms. The smallest absolute Gasteiger partial charge is 0.158 e. The Bertz CT molecular complexity index is 924. The second-order valence-electron chi connectivity index (χ2n) is 4.77. The number of hydrogen-bond acceptors (Lipinski definition) is 3. The summed E-state index contributed by atoms with van der Waals surface area (Å²) in [6.45, 7) is 0. The first-order valence-electron chi connectivity index (χ1n) is 6.45. The maximum Gasteiger partial charge on any atom is 0.158 e. The van der Waals surface area contributed by atoms with E-state index in [-0.39, 0.29) is 0 Å². The number of fused-ring (bicyclic) bond motifs is 3. The van der Waals surface area contributed by atoms with E-state index < -0.39 is 0 Å². The van der Waals surface area contributed by atoms with Crippen LogP contribution in [0.1, 0.15) is 0 Å². The highest BCUT2D eigenvalue weighted by molar-refractivity contribution is 6.03. The molecule has 4 rings (SSSR count). The summed E-state index contributed by atoms with van der Waals surface area (Å²) in [6.07, 6.45) is 5.50. The number of benzene rings is 1. The number of hydrogen-bond donors (Lipinski definition) is 0. The lowest BCUT2D eigenvalue weighted by Crippen LogP contribution is -1.94. The first kappa shape index (κ1) is 11.1. The monoisotopic (exact) mass is 260 g/mol. The number of imidazole rings is 1. The molecule has 4 aromatic rings. The van der Waals surface area contributed by atoms with Crippen LogP contribution in [0.2, 0.25) is 0 Å². The Balaban J connectivity index is 2.07. The molecule has 4 nitrogen and oxygen atoms in total. The van der Waals surface area contributed by atoms with Crippen LogP contribution >= 0.6 is 0 Å². The zero-order valence-corrected chi connectivity index (χ0v) is 11.0. The average Bonchev–Trinajstić information content (AvgIpc) is 2.93. The number of nitrogens with zero attached hydrogens (tertiary/aromatic N) is 4. The Morgan fingerprint density at radius 1 is 0.850 bits per heavy atom. The molecule has 0 saturated carbocycles. The molecule has 0 radical (unpaired) electrons. The summed E-state index contributed by atoms with van der Waals surface area (Å²) < 4.78 is 1.97. The van der Waals surface area contributed by atoms with E-state index in [0.717, 1.165) is 33.3 Å². The lowest BCUT2D eigenvalue weighted by molar-refractivity contribution is 0.919. The molecule has 3 aromatic heterocycles. The van der Waals surface area contributed by atoms with Gasteiger partial charge in [0.25, 0.3) is 0 Å². The van der Waals surface area contributed by atoms with Gasteiger partial charge in [-0.3, -0.25) is 4.98 Å². The molecule has 0 bridgehead atoms. The third kappa shape index (κ3) is 1.58. The van der Waals surface area contributed by atoms with E-state index >= 15 is 0 Å². The quantitative estimate of drug-likeness (QED) is 0.494. The molecular weight excluding hydrogens is 248 g/mol. The van der Waals surface area contributed by atoms with Crippen LogP contribution in [0.4, 0.5) is 0 Å². The molecule has 96 valence electrons. The minimum absolute atomic E-state index is 0.861. The summed E-state index contributed by atoms with van der Waals surface area (Å²) in [5, 5.41) is 2.19. The third-order valence-electron chi connectivity index (χ3n) is 3.48. The molecule has 0 fully saturated rings. The average molecular weight is 260 g/mol. The lowest BCUT2D eigenvalue weighted by Gasteiger charge is -2.05. The molecule has 0 N–H and O–H groups in total. The Kier molecular flexibility index (Phi) is 2.29. The second kappa shape index (κ2) is 4.13. The maximum absolute atomic E-state index is 4.76. The van der Waals surface area contributed by atoms with Gasteiger partial charge < -0.3 is 4.57 Å². The highest BCUT2D eigenvalue weighted by Gasteiger charge is 2.08. The van der Waals surface area contributed by atoms with Crippen molar-refractivity contribution in [1.29, 1.82) is 0 Å². The van der Waals surface area contributed by atoms with Crippen LogP contribution in [0.5, 0.6) is 0 Å². The lowest BCUT2D eigenvalue weighted by atomic mass is 10.1. The van der Waals surface area contributed by atoms with E-state index in [1.807, 2.05) is 29.9 Å². The summed E-state index contributed by atoms with van der Waals surface area (Å²) in [7, 11) is 1.97. The largest absolute Gasteiger partial charge is 0.333 e. The molecule has 0 unspecified atom stereocenters. The summed E-state index contributed by atoms with van der Waals surface area (Å²) >= 11 is 0. The van der Waals surface area contributed by atoms with Gasteiger partial charge in [0.05, 0.1) is 11.0 Å². The van der Waals surface area contributed by atoms with Crippen molar-refractivity contribution >= 4 is 21.8 Å². The van der Waals surface area contributed by atoms with Crippen molar-refractivity contribution in [2.24, 2.45) is 7.05 Å². The fourth-order valence-electron chi connectivity index (χ4n) is 2.46. The van der Waals surface area contributed by atoms with Gasteiger partial charge in [0.1, 0.15) is 5.69 Å². The topological polar surface area (TPSA) is 43.6 Å². The first-order valence-corrected chi connectivity index (χ1v) is 6.45. The molecule has 0 aliphatic heterocycles. The van der Waals surface area contributed by atoms with Gasteiger partial charge in [0.2, 0.25) is 0 Å². The zero-order valence-electron chi connectivity index (χ0n) is 11.0. The van der Waals surface area contributed by atoms with Gasteiger partial charge in [-0.1, -0.05) is 24.3 Å². The number of aryl methyl sites for hydroxylation is 1. The number of rotatable bonds is 1. The molecule has 1 aromatic carbocycles. The first-order chi connectivity index (χ1) is 9.83. The molecular formula is C16H12N4. The van der Waals surface area contributed by atoms with Crippen molar-refractivity contribution in [3.05, 3.63) is 55.0 Å². The van der Waals surface area contributed by atoms with E-state index in [2.05, 4.69) is 34.2 Å². The number of aromatic nitrogens is 4. The molecule has 0 amide bonds. The molecule has 0 atom stereocenters. The van der Waals surface area contributed by atoms with Crippen molar-refractivity contribution in [2.45, 2.75) is 0 Å². The van der Waals surface area contributed by atoms with Crippen LogP contribution in [0, 0.1) is 0 Å².